The van der Waals surface area contributed by atoms with E-state index in [-0.39, 0.29) is 6.61 Å². The highest BCUT2D eigenvalue weighted by Crippen LogP contribution is 2.38. The van der Waals surface area contributed by atoms with Crippen molar-refractivity contribution < 1.29 is 28.5 Å². The van der Waals surface area contributed by atoms with Crippen LogP contribution in [-0.4, -0.2) is 37.9 Å². The third-order valence-corrected chi connectivity index (χ3v) is 6.96. The minimum atomic E-state index is -1.29. The summed E-state index contributed by atoms with van der Waals surface area (Å²) in [5, 5.41) is 15.3. The molecule has 0 aliphatic carbocycles. The molecule has 2 aromatic heterocycles. The first-order chi connectivity index (χ1) is 20.6. The number of halogens is 1. The number of hydrogen-bond donors (Lipinski definition) is 1. The van der Waals surface area contributed by atoms with Crippen molar-refractivity contribution in [1.82, 2.24) is 14.6 Å². The second kappa shape index (κ2) is 11.0. The van der Waals surface area contributed by atoms with Crippen LogP contribution in [0.2, 0.25) is 0 Å². The number of fused-ring (bicyclic) bond motifs is 5. The number of benzene rings is 3. The van der Waals surface area contributed by atoms with Crippen molar-refractivity contribution >= 4 is 11.6 Å². The molecule has 218 valence electrons. The molecule has 3 aromatic carbocycles. The van der Waals surface area contributed by atoms with E-state index in [0.717, 1.165) is 22.3 Å². The molecular weight excluding hydrogens is 549 g/mol. The second-order valence-electron chi connectivity index (χ2n) is 11.3. The van der Waals surface area contributed by atoms with E-state index in [1.54, 1.807) is 35.7 Å². The van der Waals surface area contributed by atoms with Gasteiger partial charge in [0.15, 0.2) is 11.8 Å². The van der Waals surface area contributed by atoms with Crippen molar-refractivity contribution in [2.75, 3.05) is 6.61 Å². The summed E-state index contributed by atoms with van der Waals surface area (Å²) in [5.41, 5.74) is 4.97. The number of carboxylic acids is 1. The Balaban J connectivity index is 1.62. The van der Waals surface area contributed by atoms with Gasteiger partial charge in [-0.05, 0) is 81.8 Å². The number of aliphatic carboxylic acids is 1. The Labute approximate surface area is 248 Å². The maximum Gasteiger partial charge on any atom is 0.337 e. The predicted molar refractivity (Wildman–Crippen MR) is 160 cm³/mol. The van der Waals surface area contributed by atoms with Gasteiger partial charge in [-0.15, -0.1) is 0 Å². The number of carboxylic acid groups (broad SMARTS) is 1. The fourth-order valence-corrected chi connectivity index (χ4v) is 5.15. The number of carbonyl (C=O) groups is 1. The van der Waals surface area contributed by atoms with Crippen molar-refractivity contribution in [2.24, 2.45) is 0 Å². The molecular formula is C34H30FN3O5. The lowest BCUT2D eigenvalue weighted by Crippen LogP contribution is -2.29. The van der Waals surface area contributed by atoms with E-state index in [1.807, 2.05) is 63.2 Å². The number of aryl methyl sites for hydroxylation is 1. The average molecular weight is 580 g/mol. The van der Waals surface area contributed by atoms with Crippen molar-refractivity contribution in [3.63, 3.8) is 0 Å². The molecule has 0 spiro atoms. The molecule has 1 atom stereocenters. The Hall–Kier alpha value is -5.02. The summed E-state index contributed by atoms with van der Waals surface area (Å²) >= 11 is 0. The van der Waals surface area contributed by atoms with Gasteiger partial charge in [0.25, 0.3) is 0 Å². The van der Waals surface area contributed by atoms with E-state index >= 15 is 0 Å². The van der Waals surface area contributed by atoms with E-state index in [9.17, 15) is 14.3 Å². The van der Waals surface area contributed by atoms with Crippen LogP contribution in [0, 0.1) is 12.7 Å². The van der Waals surface area contributed by atoms with Gasteiger partial charge in [-0.2, -0.15) is 5.10 Å². The molecule has 0 saturated heterocycles. The third kappa shape index (κ3) is 5.72. The summed E-state index contributed by atoms with van der Waals surface area (Å²) in [6.45, 7) is 7.39. The van der Waals surface area contributed by atoms with E-state index in [0.29, 0.717) is 39.8 Å². The molecule has 6 bridgehead atoms. The molecule has 9 heteroatoms. The van der Waals surface area contributed by atoms with E-state index in [1.165, 1.54) is 18.4 Å². The van der Waals surface area contributed by atoms with Gasteiger partial charge in [-0.3, -0.25) is 0 Å². The van der Waals surface area contributed by atoms with Crippen LogP contribution in [0.15, 0.2) is 85.1 Å². The largest absolute Gasteiger partial charge is 0.489 e. The van der Waals surface area contributed by atoms with Gasteiger partial charge >= 0.3 is 5.97 Å². The van der Waals surface area contributed by atoms with Gasteiger partial charge in [-0.25, -0.2) is 18.7 Å². The first kappa shape index (κ1) is 28.1. The average Bonchev–Trinajstić information content (AvgIpc) is 3.38. The van der Waals surface area contributed by atoms with E-state index in [2.05, 4.69) is 0 Å². The quantitative estimate of drug-likeness (QED) is 0.238. The molecule has 8 nitrogen and oxygen atoms in total. The fourth-order valence-electron chi connectivity index (χ4n) is 5.15. The lowest BCUT2D eigenvalue weighted by molar-refractivity contribution is -0.160. The van der Waals surface area contributed by atoms with Crippen LogP contribution in [0.1, 0.15) is 38.1 Å². The van der Waals surface area contributed by atoms with E-state index < -0.39 is 23.5 Å². The molecule has 43 heavy (non-hydrogen) atoms. The molecule has 0 radical (unpaired) electrons. The van der Waals surface area contributed by atoms with Crippen molar-refractivity contribution in [3.05, 3.63) is 102 Å². The lowest BCUT2D eigenvalue weighted by atomic mass is 9.98. The Morgan fingerprint density at radius 1 is 1.02 bits per heavy atom. The predicted octanol–water partition coefficient (Wildman–Crippen LogP) is 7.40. The van der Waals surface area contributed by atoms with Crippen LogP contribution in [0.25, 0.3) is 39.3 Å². The zero-order valence-corrected chi connectivity index (χ0v) is 24.2. The van der Waals surface area contributed by atoms with Crippen LogP contribution in [-0.2, 0) is 9.53 Å². The Morgan fingerprint density at radius 2 is 1.79 bits per heavy atom. The summed E-state index contributed by atoms with van der Waals surface area (Å²) in [6, 6.07) is 21.3. The third-order valence-electron chi connectivity index (χ3n) is 6.96. The summed E-state index contributed by atoms with van der Waals surface area (Å²) in [7, 11) is 0. The first-order valence-corrected chi connectivity index (χ1v) is 13.8. The van der Waals surface area contributed by atoms with Crippen molar-refractivity contribution in [1.29, 1.82) is 0 Å². The molecule has 0 amide bonds. The number of ether oxygens (including phenoxy) is 3. The molecule has 0 unspecified atom stereocenters. The van der Waals surface area contributed by atoms with Crippen LogP contribution in [0.5, 0.6) is 11.5 Å². The highest BCUT2D eigenvalue weighted by molar-refractivity contribution is 5.81. The standard InChI is InChI=1S/C34H30FN3O5/c1-20-30(32(33(39)40)43-34(2,3)4)31-21-9-12-25(13-10-21)41-15-6-16-42-28-18-24(35)11-14-26(28)22-7-5-8-23(17-22)27-19-29(36-20)38(31)37-27/h5-15,17-19,32H,16H2,1-4H3,(H,39,40)/b15-6+/t32-/m0/s1. The molecule has 4 heterocycles. The van der Waals surface area contributed by atoms with Crippen LogP contribution in [0.3, 0.4) is 0 Å². The smallest absolute Gasteiger partial charge is 0.337 e. The van der Waals surface area contributed by atoms with Gasteiger partial charge in [-0.1, -0.05) is 18.2 Å². The molecule has 5 aromatic rings. The van der Waals surface area contributed by atoms with Gasteiger partial charge in [0.1, 0.15) is 23.9 Å². The monoisotopic (exact) mass is 579 g/mol. The van der Waals surface area contributed by atoms with Crippen LogP contribution < -0.4 is 9.47 Å². The molecule has 1 N–H and O–H groups in total. The topological polar surface area (TPSA) is 95.2 Å². The summed E-state index contributed by atoms with van der Waals surface area (Å²) in [5.74, 6) is -0.576. The zero-order chi connectivity index (χ0) is 30.3. The van der Waals surface area contributed by atoms with Gasteiger partial charge < -0.3 is 19.3 Å². The Kier molecular flexibility index (Phi) is 7.19. The van der Waals surface area contributed by atoms with Gasteiger partial charge in [0, 0.05) is 40.1 Å². The molecule has 2 aliphatic heterocycles. The number of aromatic nitrogens is 3. The first-order valence-electron chi connectivity index (χ1n) is 13.8. The molecule has 7 rings (SSSR count). The maximum atomic E-state index is 14.2. The summed E-state index contributed by atoms with van der Waals surface area (Å²) in [6.07, 6.45) is 1.91. The highest BCUT2D eigenvalue weighted by atomic mass is 19.1. The zero-order valence-electron chi connectivity index (χ0n) is 24.2. The SMILES string of the molecule is Cc1nc2cc3nn2c(c1[C@H](OC(C)(C)C)C(=O)O)-c1ccc(cc1)O/C=C/COc1cc(F)ccc1-c1cccc-3c1. The van der Waals surface area contributed by atoms with E-state index in [4.69, 9.17) is 24.3 Å². The maximum absolute atomic E-state index is 14.2. The highest BCUT2D eigenvalue weighted by Gasteiger charge is 2.33. The van der Waals surface area contributed by atoms with Crippen LogP contribution in [0.4, 0.5) is 4.39 Å². The normalized spacial score (nSPS) is 14.3. The molecule has 2 aliphatic rings. The fraction of sp³-hybridized carbons (Fsp3) is 0.206. The number of nitrogens with zero attached hydrogens (tertiary/aromatic N) is 3. The summed E-state index contributed by atoms with van der Waals surface area (Å²) in [4.78, 5) is 17.4. The minimum absolute atomic E-state index is 0.166. The second-order valence-corrected chi connectivity index (χ2v) is 11.3. The summed E-state index contributed by atoms with van der Waals surface area (Å²) < 4.78 is 33.6. The number of rotatable bonds is 3. The Morgan fingerprint density at radius 3 is 2.53 bits per heavy atom. The minimum Gasteiger partial charge on any atom is -0.489 e. The number of hydrogen-bond acceptors (Lipinski definition) is 6. The molecule has 0 saturated carbocycles. The Bertz CT molecular complexity index is 1870. The molecule has 0 fully saturated rings. The van der Waals surface area contributed by atoms with Gasteiger partial charge in [0.2, 0.25) is 0 Å². The van der Waals surface area contributed by atoms with Crippen molar-refractivity contribution in [3.8, 4) is 45.1 Å². The van der Waals surface area contributed by atoms with Crippen LogP contribution >= 0.6 is 0 Å². The lowest BCUT2D eigenvalue weighted by Gasteiger charge is -2.27. The van der Waals surface area contributed by atoms with Gasteiger partial charge in [0.05, 0.1) is 23.3 Å². The van der Waals surface area contributed by atoms with Crippen molar-refractivity contribution in [2.45, 2.75) is 39.4 Å².